The second-order valence-electron chi connectivity index (χ2n) is 8.72. The fourth-order valence-electron chi connectivity index (χ4n) is 3.90. The summed E-state index contributed by atoms with van der Waals surface area (Å²) < 4.78 is 24.2. The Morgan fingerprint density at radius 2 is 1.65 bits per heavy atom. The molecule has 3 aromatic carbocycles. The van der Waals surface area contributed by atoms with Crippen molar-refractivity contribution < 1.29 is 18.7 Å². The normalized spacial score (nSPS) is 10.9. The maximum atomic E-state index is 13.4. The van der Waals surface area contributed by atoms with Crippen molar-refractivity contribution in [1.29, 1.82) is 0 Å². The van der Waals surface area contributed by atoms with Gasteiger partial charge in [-0.25, -0.2) is 9.37 Å². The Morgan fingerprint density at radius 1 is 0.946 bits per heavy atom. The topological polar surface area (TPSA) is 63.7 Å². The van der Waals surface area contributed by atoms with Crippen LogP contribution in [0.4, 0.5) is 10.1 Å². The number of benzene rings is 3. The minimum atomic E-state index is -0.259. The van der Waals surface area contributed by atoms with Gasteiger partial charge in [0.15, 0.2) is 11.5 Å². The molecule has 4 rings (SSSR count). The van der Waals surface area contributed by atoms with Gasteiger partial charge in [-0.2, -0.15) is 0 Å². The third kappa shape index (κ3) is 7.38. The number of amides is 1. The van der Waals surface area contributed by atoms with Crippen LogP contribution in [0.25, 0.3) is 0 Å². The number of hydrogen-bond donors (Lipinski definition) is 1. The van der Waals surface area contributed by atoms with Crippen LogP contribution in [0, 0.1) is 12.7 Å². The number of aromatic nitrogens is 1. The zero-order valence-corrected chi connectivity index (χ0v) is 22.0. The summed E-state index contributed by atoms with van der Waals surface area (Å²) in [5.74, 6) is 0.884. The number of carbonyl (C=O) groups is 1. The summed E-state index contributed by atoms with van der Waals surface area (Å²) in [4.78, 5) is 19.5. The molecule has 1 amide bonds. The molecule has 192 valence electrons. The quantitative estimate of drug-likeness (QED) is 0.259. The summed E-state index contributed by atoms with van der Waals surface area (Å²) in [6.07, 6.45) is 0.772. The highest BCUT2D eigenvalue weighted by Crippen LogP contribution is 2.28. The van der Waals surface area contributed by atoms with Gasteiger partial charge in [-0.1, -0.05) is 35.9 Å². The minimum Gasteiger partial charge on any atom is -0.493 e. The van der Waals surface area contributed by atoms with E-state index in [9.17, 15) is 9.18 Å². The molecule has 0 aliphatic heterocycles. The van der Waals surface area contributed by atoms with Gasteiger partial charge in [0.1, 0.15) is 16.5 Å². The third-order valence-corrected chi connectivity index (χ3v) is 6.77. The fraction of sp³-hybridized carbons (Fsp3) is 0.241. The van der Waals surface area contributed by atoms with Crippen molar-refractivity contribution in [1.82, 2.24) is 9.88 Å². The van der Waals surface area contributed by atoms with Gasteiger partial charge >= 0.3 is 0 Å². The van der Waals surface area contributed by atoms with Crippen molar-refractivity contribution in [2.45, 2.75) is 26.4 Å². The van der Waals surface area contributed by atoms with Crippen LogP contribution in [0.3, 0.4) is 0 Å². The standard InChI is InChI=1S/C29H30FN3O3S/c1-20-4-11-24(12-5-20)31-29(34)25-19-37-28(32-25)18-33(17-22-6-9-23(30)10-7-22)15-14-21-8-13-26(35-2)27(16-21)36-3/h4-13,16,19H,14-15,17-18H2,1-3H3,(H,31,34). The molecule has 1 heterocycles. The first kappa shape index (κ1) is 26.3. The molecule has 1 aromatic heterocycles. The van der Waals surface area contributed by atoms with Gasteiger partial charge in [0.25, 0.3) is 5.91 Å². The number of halogens is 1. The highest BCUT2D eigenvalue weighted by Gasteiger charge is 2.15. The lowest BCUT2D eigenvalue weighted by Gasteiger charge is -2.22. The van der Waals surface area contributed by atoms with Gasteiger partial charge in [0.2, 0.25) is 0 Å². The molecule has 0 aliphatic rings. The van der Waals surface area contributed by atoms with E-state index < -0.39 is 0 Å². The average Bonchev–Trinajstić information content (AvgIpc) is 3.38. The molecule has 0 atom stereocenters. The third-order valence-electron chi connectivity index (χ3n) is 5.94. The number of aryl methyl sites for hydroxylation is 1. The van der Waals surface area contributed by atoms with E-state index in [4.69, 9.17) is 9.47 Å². The number of thiazole rings is 1. The first-order valence-electron chi connectivity index (χ1n) is 11.9. The molecule has 0 spiro atoms. The summed E-state index contributed by atoms with van der Waals surface area (Å²) in [5, 5.41) is 5.52. The molecule has 1 N–H and O–H groups in total. The van der Waals surface area contributed by atoms with E-state index in [2.05, 4.69) is 15.2 Å². The fourth-order valence-corrected chi connectivity index (χ4v) is 4.71. The monoisotopic (exact) mass is 519 g/mol. The average molecular weight is 520 g/mol. The molecule has 0 radical (unpaired) electrons. The second-order valence-corrected chi connectivity index (χ2v) is 9.67. The van der Waals surface area contributed by atoms with E-state index in [1.807, 2.05) is 49.4 Å². The summed E-state index contributed by atoms with van der Waals surface area (Å²) >= 11 is 1.45. The van der Waals surface area contributed by atoms with Crippen molar-refractivity contribution in [3.8, 4) is 11.5 Å². The van der Waals surface area contributed by atoms with E-state index in [1.165, 1.54) is 23.5 Å². The summed E-state index contributed by atoms with van der Waals surface area (Å²) in [5.41, 5.74) is 4.37. The highest BCUT2D eigenvalue weighted by molar-refractivity contribution is 7.09. The first-order valence-corrected chi connectivity index (χ1v) is 12.8. The first-order chi connectivity index (χ1) is 17.9. The van der Waals surface area contributed by atoms with Crippen molar-refractivity contribution in [2.75, 3.05) is 26.1 Å². The van der Waals surface area contributed by atoms with E-state index >= 15 is 0 Å². The van der Waals surface area contributed by atoms with E-state index in [1.54, 1.807) is 31.7 Å². The predicted octanol–water partition coefficient (Wildman–Crippen LogP) is 6.11. The van der Waals surface area contributed by atoms with Crippen molar-refractivity contribution in [3.05, 3.63) is 105 Å². The lowest BCUT2D eigenvalue weighted by atomic mass is 10.1. The molecule has 37 heavy (non-hydrogen) atoms. The van der Waals surface area contributed by atoms with Crippen LogP contribution in [0.2, 0.25) is 0 Å². The zero-order valence-electron chi connectivity index (χ0n) is 21.2. The minimum absolute atomic E-state index is 0.234. The summed E-state index contributed by atoms with van der Waals surface area (Å²) in [6, 6.07) is 20.1. The van der Waals surface area contributed by atoms with Crippen molar-refractivity contribution in [3.63, 3.8) is 0 Å². The molecule has 6 nitrogen and oxygen atoms in total. The molecule has 0 aliphatic carbocycles. The van der Waals surface area contributed by atoms with E-state index in [-0.39, 0.29) is 11.7 Å². The number of methoxy groups -OCH3 is 2. The van der Waals surface area contributed by atoms with E-state index in [0.29, 0.717) is 30.3 Å². The SMILES string of the molecule is COc1ccc(CCN(Cc2ccc(F)cc2)Cc2nc(C(=O)Nc3ccc(C)cc3)cs2)cc1OC. The Hall–Kier alpha value is -3.75. The van der Waals surface area contributed by atoms with Crippen molar-refractivity contribution >= 4 is 22.9 Å². The second kappa shape index (κ2) is 12.5. The van der Waals surface area contributed by atoms with Gasteiger partial charge in [0.05, 0.1) is 20.8 Å². The molecule has 8 heteroatoms. The van der Waals surface area contributed by atoms with Crippen molar-refractivity contribution in [2.24, 2.45) is 0 Å². The molecule has 4 aromatic rings. The smallest absolute Gasteiger partial charge is 0.275 e. The number of rotatable bonds is 11. The number of nitrogens with zero attached hydrogens (tertiary/aromatic N) is 2. The number of anilines is 1. The molecule has 0 saturated carbocycles. The lowest BCUT2D eigenvalue weighted by molar-refractivity contribution is 0.102. The Morgan fingerprint density at radius 3 is 2.35 bits per heavy atom. The molecular weight excluding hydrogens is 489 g/mol. The number of nitrogens with one attached hydrogen (secondary N) is 1. The van der Waals surface area contributed by atoms with E-state index in [0.717, 1.165) is 40.4 Å². The largest absolute Gasteiger partial charge is 0.493 e. The molecular formula is C29H30FN3O3S. The van der Waals surface area contributed by atoms with Gasteiger partial charge in [0, 0.05) is 24.2 Å². The van der Waals surface area contributed by atoms with Crippen LogP contribution in [0.15, 0.2) is 72.1 Å². The predicted molar refractivity (Wildman–Crippen MR) is 145 cm³/mol. The van der Waals surface area contributed by atoms with Crippen LogP contribution in [0.5, 0.6) is 11.5 Å². The molecule has 0 saturated heterocycles. The van der Waals surface area contributed by atoms with Crippen LogP contribution in [-0.2, 0) is 19.5 Å². The van der Waals surface area contributed by atoms with Gasteiger partial charge in [-0.3, -0.25) is 9.69 Å². The maximum Gasteiger partial charge on any atom is 0.275 e. The lowest BCUT2D eigenvalue weighted by Crippen LogP contribution is -2.25. The maximum absolute atomic E-state index is 13.4. The van der Waals surface area contributed by atoms with Gasteiger partial charge in [-0.15, -0.1) is 11.3 Å². The van der Waals surface area contributed by atoms with Gasteiger partial charge in [-0.05, 0) is 60.9 Å². The Balaban J connectivity index is 1.46. The highest BCUT2D eigenvalue weighted by atomic mass is 32.1. The molecule has 0 unspecified atom stereocenters. The van der Waals surface area contributed by atoms with Gasteiger partial charge < -0.3 is 14.8 Å². The summed E-state index contributed by atoms with van der Waals surface area (Å²) in [7, 11) is 3.24. The van der Waals surface area contributed by atoms with Crippen LogP contribution >= 0.6 is 11.3 Å². The number of hydrogen-bond acceptors (Lipinski definition) is 6. The summed E-state index contributed by atoms with van der Waals surface area (Å²) in [6.45, 7) is 3.92. The van der Waals surface area contributed by atoms with Crippen LogP contribution in [-0.4, -0.2) is 36.6 Å². The van der Waals surface area contributed by atoms with Crippen LogP contribution in [0.1, 0.15) is 32.2 Å². The Labute approximate surface area is 220 Å². The van der Waals surface area contributed by atoms with Crippen LogP contribution < -0.4 is 14.8 Å². The zero-order chi connectivity index (χ0) is 26.2. The number of ether oxygens (including phenoxy) is 2. The Bertz CT molecular complexity index is 1320. The molecule has 0 fully saturated rings. The number of carbonyl (C=O) groups excluding carboxylic acids is 1. The molecule has 0 bridgehead atoms. The Kier molecular flexibility index (Phi) is 8.87.